The van der Waals surface area contributed by atoms with E-state index < -0.39 is 28.9 Å². The number of nitrogens with one attached hydrogen (secondary N) is 2. The van der Waals surface area contributed by atoms with E-state index in [4.69, 9.17) is 0 Å². The lowest BCUT2D eigenvalue weighted by atomic mass is 10.3. The summed E-state index contributed by atoms with van der Waals surface area (Å²) < 4.78 is 74.2. The van der Waals surface area contributed by atoms with E-state index in [1.807, 2.05) is 0 Å². The summed E-state index contributed by atoms with van der Waals surface area (Å²) in [6.45, 7) is 0.473. The molecule has 0 saturated heterocycles. The fraction of sp³-hybridized carbons (Fsp3) is 0.600. The third kappa shape index (κ3) is 4.14. The highest BCUT2D eigenvalue weighted by Crippen LogP contribution is 2.27. The molecule has 0 saturated carbocycles. The zero-order chi connectivity index (χ0) is 15.6. The molecule has 0 aromatic carbocycles. The Labute approximate surface area is 118 Å². The quantitative estimate of drug-likeness (QED) is 0.750. The smallest absolute Gasteiger partial charge is 0.315 e. The number of thiophene rings is 1. The van der Waals surface area contributed by atoms with E-state index in [0.717, 1.165) is 16.2 Å². The van der Waals surface area contributed by atoms with Crippen LogP contribution in [0.5, 0.6) is 0 Å². The Bertz CT molecular complexity index is 558. The maximum absolute atomic E-state index is 12.7. The van der Waals surface area contributed by atoms with Gasteiger partial charge in [0.05, 0.1) is 6.54 Å². The van der Waals surface area contributed by atoms with Crippen LogP contribution in [0.3, 0.4) is 0 Å². The average molecular weight is 334 g/mol. The third-order valence-corrected chi connectivity index (χ3v) is 5.53. The van der Waals surface area contributed by atoms with Crippen LogP contribution in [0, 0.1) is 6.92 Å². The van der Waals surface area contributed by atoms with Crippen molar-refractivity contribution in [3.8, 4) is 0 Å². The van der Waals surface area contributed by atoms with Crippen molar-refractivity contribution < 1.29 is 26.0 Å². The fourth-order valence-electron chi connectivity index (χ4n) is 1.30. The molecule has 0 radical (unpaired) electrons. The maximum atomic E-state index is 12.7. The van der Waals surface area contributed by atoms with Crippen LogP contribution < -0.4 is 10.0 Å². The van der Waals surface area contributed by atoms with Gasteiger partial charge < -0.3 is 5.32 Å². The van der Waals surface area contributed by atoms with E-state index >= 15 is 0 Å². The topological polar surface area (TPSA) is 58.2 Å². The number of aryl methyl sites for hydroxylation is 1. The number of hydrogen-bond donors (Lipinski definition) is 2. The van der Waals surface area contributed by atoms with E-state index in [0.29, 0.717) is 12.1 Å². The first-order chi connectivity index (χ1) is 9.10. The van der Waals surface area contributed by atoms with Gasteiger partial charge in [0.15, 0.2) is 0 Å². The van der Waals surface area contributed by atoms with E-state index in [2.05, 4.69) is 5.32 Å². The first-order valence-corrected chi connectivity index (χ1v) is 7.79. The van der Waals surface area contributed by atoms with E-state index in [-0.39, 0.29) is 4.21 Å². The summed E-state index contributed by atoms with van der Waals surface area (Å²) >= 11 is 0.905. The van der Waals surface area contributed by atoms with Crippen LogP contribution in [0.2, 0.25) is 0 Å². The lowest BCUT2D eigenvalue weighted by Crippen LogP contribution is -2.41. The molecule has 10 heteroatoms. The molecule has 0 unspecified atom stereocenters. The molecule has 1 aromatic rings. The van der Waals surface area contributed by atoms with Gasteiger partial charge in [0.1, 0.15) is 4.21 Å². The molecule has 20 heavy (non-hydrogen) atoms. The zero-order valence-electron chi connectivity index (χ0n) is 10.7. The van der Waals surface area contributed by atoms with Gasteiger partial charge in [-0.15, -0.1) is 11.3 Å². The normalized spacial score (nSPS) is 13.2. The van der Waals surface area contributed by atoms with Gasteiger partial charge in [0, 0.05) is 11.4 Å². The minimum absolute atomic E-state index is 0.176. The van der Waals surface area contributed by atoms with E-state index in [1.165, 1.54) is 10.8 Å². The van der Waals surface area contributed by atoms with Crippen molar-refractivity contribution in [3.63, 3.8) is 0 Å². The van der Waals surface area contributed by atoms with Crippen molar-refractivity contribution in [2.75, 3.05) is 13.6 Å². The Morgan fingerprint density at radius 3 is 2.50 bits per heavy atom. The lowest BCUT2D eigenvalue weighted by molar-refractivity contribution is -0.122. The van der Waals surface area contributed by atoms with Crippen molar-refractivity contribution in [2.24, 2.45) is 0 Å². The Hall–Kier alpha value is -0.710. The molecule has 116 valence electrons. The fourth-order valence-corrected chi connectivity index (χ4v) is 3.99. The second-order valence-corrected chi connectivity index (χ2v) is 7.22. The molecule has 1 aromatic heterocycles. The second kappa shape index (κ2) is 6.37. The highest BCUT2D eigenvalue weighted by Gasteiger charge is 2.41. The summed E-state index contributed by atoms with van der Waals surface area (Å²) in [4.78, 5) is 0.730. The van der Waals surface area contributed by atoms with Crippen LogP contribution in [0.1, 0.15) is 10.4 Å². The van der Waals surface area contributed by atoms with Gasteiger partial charge in [-0.1, -0.05) is 0 Å². The number of halogens is 4. The van der Waals surface area contributed by atoms with Crippen LogP contribution in [-0.4, -0.2) is 34.4 Å². The van der Waals surface area contributed by atoms with Crippen LogP contribution in [0.15, 0.2) is 10.3 Å². The second-order valence-electron chi connectivity index (χ2n) is 4.09. The van der Waals surface area contributed by atoms with E-state index in [9.17, 15) is 26.0 Å². The molecule has 0 amide bonds. The van der Waals surface area contributed by atoms with Gasteiger partial charge in [0.2, 0.25) is 10.0 Å². The largest absolute Gasteiger partial charge is 0.320 e. The molecule has 2 N–H and O–H groups in total. The molecule has 0 fully saturated rings. The van der Waals surface area contributed by atoms with Crippen molar-refractivity contribution in [2.45, 2.75) is 30.0 Å². The Morgan fingerprint density at radius 2 is 2.00 bits per heavy atom. The van der Waals surface area contributed by atoms with Gasteiger partial charge in [-0.25, -0.2) is 21.9 Å². The molecule has 0 aliphatic heterocycles. The molecule has 1 heterocycles. The predicted molar refractivity (Wildman–Crippen MR) is 68.0 cm³/mol. The van der Waals surface area contributed by atoms with Gasteiger partial charge >= 0.3 is 12.3 Å². The molecule has 0 spiro atoms. The van der Waals surface area contributed by atoms with Crippen LogP contribution in [-0.2, 0) is 16.6 Å². The number of rotatable bonds is 7. The molecule has 1 rings (SSSR count). The van der Waals surface area contributed by atoms with E-state index in [1.54, 1.807) is 14.0 Å². The van der Waals surface area contributed by atoms with Crippen molar-refractivity contribution in [3.05, 3.63) is 16.5 Å². The summed E-state index contributed by atoms with van der Waals surface area (Å²) in [5, 5.41) is 2.84. The van der Waals surface area contributed by atoms with Crippen LogP contribution >= 0.6 is 11.3 Å². The van der Waals surface area contributed by atoms with Crippen LogP contribution in [0.25, 0.3) is 0 Å². The summed E-state index contributed by atoms with van der Waals surface area (Å²) in [6, 6.07) is 1.32. The maximum Gasteiger partial charge on any atom is 0.320 e. The average Bonchev–Trinajstić information content (AvgIpc) is 2.70. The molecule has 0 bridgehead atoms. The molecule has 0 aliphatic rings. The van der Waals surface area contributed by atoms with Gasteiger partial charge in [-0.3, -0.25) is 0 Å². The summed E-state index contributed by atoms with van der Waals surface area (Å²) in [6.07, 6.45) is -3.92. The first-order valence-electron chi connectivity index (χ1n) is 5.49. The van der Waals surface area contributed by atoms with Crippen molar-refractivity contribution in [1.29, 1.82) is 0 Å². The highest BCUT2D eigenvalue weighted by atomic mass is 32.2. The van der Waals surface area contributed by atoms with Gasteiger partial charge in [-0.2, -0.15) is 8.78 Å². The summed E-state index contributed by atoms with van der Waals surface area (Å²) in [5.74, 6) is -4.40. The molecular formula is C10H14F4N2O2S2. The Morgan fingerprint density at radius 1 is 1.40 bits per heavy atom. The molecule has 0 aliphatic carbocycles. The minimum Gasteiger partial charge on any atom is -0.315 e. The van der Waals surface area contributed by atoms with Gasteiger partial charge in [-0.05, 0) is 25.6 Å². The zero-order valence-corrected chi connectivity index (χ0v) is 12.3. The molecule has 4 nitrogen and oxygen atoms in total. The third-order valence-electron chi connectivity index (χ3n) is 2.42. The summed E-state index contributed by atoms with van der Waals surface area (Å²) in [7, 11) is -2.54. The molecular weight excluding hydrogens is 320 g/mol. The van der Waals surface area contributed by atoms with Crippen LogP contribution in [0.4, 0.5) is 17.6 Å². The number of hydrogen-bond acceptors (Lipinski definition) is 4. The predicted octanol–water partition coefficient (Wildman–Crippen LogP) is 1.95. The van der Waals surface area contributed by atoms with Crippen molar-refractivity contribution >= 4 is 21.4 Å². The lowest BCUT2D eigenvalue weighted by Gasteiger charge is -2.15. The monoisotopic (exact) mass is 334 g/mol. The van der Waals surface area contributed by atoms with Gasteiger partial charge in [0.25, 0.3) is 0 Å². The first kappa shape index (κ1) is 17.3. The minimum atomic E-state index is -4.40. The highest BCUT2D eigenvalue weighted by molar-refractivity contribution is 7.91. The standard InChI is InChI=1S/C10H14F4N2O2S2/c1-6-3-8(19-7(6)4-15-2)20(17,18)16-5-10(13,14)9(11)12/h3,9,15-16H,4-5H2,1-2H3. The molecule has 0 atom stereocenters. The number of alkyl halides is 4. The SMILES string of the molecule is CNCc1sc(S(=O)(=O)NCC(F)(F)C(F)F)cc1C. The number of sulfonamides is 1. The Balaban J connectivity index is 2.87. The Kier molecular flexibility index (Phi) is 5.53. The van der Waals surface area contributed by atoms with Crippen molar-refractivity contribution in [1.82, 2.24) is 10.0 Å². The summed E-state index contributed by atoms with van der Waals surface area (Å²) in [5.41, 5.74) is 0.686.